The van der Waals surface area contributed by atoms with E-state index in [1.165, 1.54) is 6.42 Å². The Labute approximate surface area is 206 Å². The number of aliphatic imine (C=N–C) groups is 1. The Morgan fingerprint density at radius 1 is 1.23 bits per heavy atom. The van der Waals surface area contributed by atoms with Crippen molar-refractivity contribution in [2.75, 3.05) is 18.4 Å². The van der Waals surface area contributed by atoms with Crippen LogP contribution in [0.5, 0.6) is 0 Å². The lowest BCUT2D eigenvalue weighted by molar-refractivity contribution is -0.120. The Hall–Kier alpha value is -1.68. The molecule has 1 fully saturated rings. The van der Waals surface area contributed by atoms with Crippen molar-refractivity contribution >= 4 is 52.9 Å². The van der Waals surface area contributed by atoms with E-state index >= 15 is 0 Å². The lowest BCUT2D eigenvalue weighted by Crippen LogP contribution is -2.38. The summed E-state index contributed by atoms with van der Waals surface area (Å²) < 4.78 is 0. The highest BCUT2D eigenvalue weighted by atomic mass is 127. The third-order valence-electron chi connectivity index (χ3n) is 5.27. The minimum atomic E-state index is 0. The molecule has 1 amide bonds. The fourth-order valence-electron chi connectivity index (χ4n) is 3.70. The standard InChI is InChI=1S/C23H33N5OS.HI/c1-3-24-23(25-13-12-21-16-30-17(2)27-21)26-15-18-8-7-11-20(14-18)28-22(29)19-9-5-4-6-10-19;/h7-8,11,14,16,19H,3-6,9-10,12-13,15H2,1-2H3,(H,28,29)(H2,24,25,26);1H. The van der Waals surface area contributed by atoms with Gasteiger partial charge in [0.25, 0.3) is 0 Å². The maximum Gasteiger partial charge on any atom is 0.227 e. The van der Waals surface area contributed by atoms with Crippen LogP contribution in [0.3, 0.4) is 0 Å². The molecule has 0 spiro atoms. The van der Waals surface area contributed by atoms with Crippen molar-refractivity contribution in [2.45, 2.75) is 58.9 Å². The molecule has 2 aromatic rings. The molecule has 0 saturated heterocycles. The van der Waals surface area contributed by atoms with E-state index in [-0.39, 0.29) is 35.8 Å². The van der Waals surface area contributed by atoms with Crippen LogP contribution in [-0.2, 0) is 17.8 Å². The molecule has 0 unspecified atom stereocenters. The second-order valence-electron chi connectivity index (χ2n) is 7.75. The second kappa shape index (κ2) is 13.7. The fourth-order valence-corrected chi connectivity index (χ4v) is 4.35. The number of thiazole rings is 1. The molecule has 1 saturated carbocycles. The van der Waals surface area contributed by atoms with Gasteiger partial charge in [-0.15, -0.1) is 35.3 Å². The molecule has 3 rings (SSSR count). The minimum Gasteiger partial charge on any atom is -0.357 e. The van der Waals surface area contributed by atoms with Gasteiger partial charge in [-0.05, 0) is 44.4 Å². The average Bonchev–Trinajstić information content (AvgIpc) is 3.18. The molecule has 6 nitrogen and oxygen atoms in total. The van der Waals surface area contributed by atoms with Gasteiger partial charge >= 0.3 is 0 Å². The molecule has 1 heterocycles. The van der Waals surface area contributed by atoms with Crippen LogP contribution in [0.4, 0.5) is 5.69 Å². The smallest absolute Gasteiger partial charge is 0.227 e. The quantitative estimate of drug-likeness (QED) is 0.246. The van der Waals surface area contributed by atoms with Crippen molar-refractivity contribution in [1.82, 2.24) is 15.6 Å². The molecule has 1 aliphatic carbocycles. The second-order valence-corrected chi connectivity index (χ2v) is 8.82. The van der Waals surface area contributed by atoms with Gasteiger partial charge in [0.1, 0.15) is 0 Å². The zero-order chi connectivity index (χ0) is 21.2. The first kappa shape index (κ1) is 25.6. The number of guanidine groups is 1. The Kier molecular flexibility index (Phi) is 11.3. The fraction of sp³-hybridized carbons (Fsp3) is 0.522. The van der Waals surface area contributed by atoms with E-state index < -0.39 is 0 Å². The Morgan fingerprint density at radius 2 is 2.03 bits per heavy atom. The summed E-state index contributed by atoms with van der Waals surface area (Å²) in [5, 5.41) is 13.0. The summed E-state index contributed by atoms with van der Waals surface area (Å²) in [5.74, 6) is 1.11. The number of nitrogens with one attached hydrogen (secondary N) is 3. The van der Waals surface area contributed by atoms with Gasteiger partial charge < -0.3 is 16.0 Å². The van der Waals surface area contributed by atoms with E-state index in [0.29, 0.717) is 6.54 Å². The van der Waals surface area contributed by atoms with Gasteiger partial charge in [-0.3, -0.25) is 4.79 Å². The van der Waals surface area contributed by atoms with E-state index in [9.17, 15) is 4.79 Å². The van der Waals surface area contributed by atoms with Gasteiger partial charge in [-0.2, -0.15) is 0 Å². The van der Waals surface area contributed by atoms with Crippen LogP contribution in [0.1, 0.15) is 55.3 Å². The number of halogens is 1. The summed E-state index contributed by atoms with van der Waals surface area (Å²) in [7, 11) is 0. The van der Waals surface area contributed by atoms with Crippen LogP contribution < -0.4 is 16.0 Å². The first-order valence-electron chi connectivity index (χ1n) is 11.0. The normalized spacial score (nSPS) is 14.6. The topological polar surface area (TPSA) is 78.4 Å². The number of aromatic nitrogens is 1. The predicted octanol–water partition coefficient (Wildman–Crippen LogP) is 4.89. The van der Waals surface area contributed by atoms with Crippen LogP contribution in [0.25, 0.3) is 0 Å². The number of hydrogen-bond acceptors (Lipinski definition) is 4. The number of aryl methyl sites for hydroxylation is 1. The number of amides is 1. The summed E-state index contributed by atoms with van der Waals surface area (Å²) in [6, 6.07) is 7.99. The SMILES string of the molecule is CCNC(=NCc1cccc(NC(=O)C2CCCCC2)c1)NCCc1csc(C)n1.I. The Balaban J connectivity index is 0.00000341. The number of benzene rings is 1. The summed E-state index contributed by atoms with van der Waals surface area (Å²) in [6.07, 6.45) is 6.46. The van der Waals surface area contributed by atoms with E-state index in [2.05, 4.69) is 33.2 Å². The zero-order valence-corrected chi connectivity index (χ0v) is 21.6. The van der Waals surface area contributed by atoms with Crippen molar-refractivity contribution in [1.29, 1.82) is 0 Å². The van der Waals surface area contributed by atoms with Crippen LogP contribution in [0.15, 0.2) is 34.6 Å². The Morgan fingerprint density at radius 3 is 2.74 bits per heavy atom. The maximum absolute atomic E-state index is 12.5. The average molecular weight is 556 g/mol. The lowest BCUT2D eigenvalue weighted by Gasteiger charge is -2.20. The highest BCUT2D eigenvalue weighted by Crippen LogP contribution is 2.25. The Bertz CT molecular complexity index is 848. The first-order valence-corrected chi connectivity index (χ1v) is 11.8. The van der Waals surface area contributed by atoms with Crippen LogP contribution in [0, 0.1) is 12.8 Å². The molecule has 0 radical (unpaired) electrons. The van der Waals surface area contributed by atoms with Crippen LogP contribution in [-0.4, -0.2) is 29.9 Å². The van der Waals surface area contributed by atoms with E-state index in [4.69, 9.17) is 4.99 Å². The summed E-state index contributed by atoms with van der Waals surface area (Å²) in [4.78, 5) is 21.7. The van der Waals surface area contributed by atoms with Gasteiger partial charge in [-0.25, -0.2) is 9.98 Å². The van der Waals surface area contributed by atoms with Gasteiger partial charge in [0.2, 0.25) is 5.91 Å². The highest BCUT2D eigenvalue weighted by molar-refractivity contribution is 14.0. The van der Waals surface area contributed by atoms with Crippen LogP contribution in [0.2, 0.25) is 0 Å². The molecule has 170 valence electrons. The molecule has 31 heavy (non-hydrogen) atoms. The van der Waals surface area contributed by atoms with Gasteiger partial charge in [0.05, 0.1) is 17.2 Å². The number of carbonyl (C=O) groups excluding carboxylic acids is 1. The molecule has 0 aliphatic heterocycles. The molecule has 0 atom stereocenters. The van der Waals surface area contributed by atoms with Crippen molar-refractivity contribution < 1.29 is 4.79 Å². The lowest BCUT2D eigenvalue weighted by atomic mass is 9.88. The molecule has 8 heteroatoms. The van der Waals surface area contributed by atoms with Crippen molar-refractivity contribution in [3.63, 3.8) is 0 Å². The highest BCUT2D eigenvalue weighted by Gasteiger charge is 2.21. The van der Waals surface area contributed by atoms with E-state index in [1.807, 2.05) is 31.2 Å². The van der Waals surface area contributed by atoms with Crippen LogP contribution >= 0.6 is 35.3 Å². The molecule has 0 bridgehead atoms. The van der Waals surface area contributed by atoms with E-state index in [1.54, 1.807) is 11.3 Å². The van der Waals surface area contributed by atoms with Gasteiger partial charge in [0.15, 0.2) is 5.96 Å². The van der Waals surface area contributed by atoms with Gasteiger partial charge in [0, 0.05) is 36.5 Å². The van der Waals surface area contributed by atoms with Gasteiger partial charge in [-0.1, -0.05) is 31.4 Å². The van der Waals surface area contributed by atoms with Crippen molar-refractivity contribution in [2.24, 2.45) is 10.9 Å². The number of carbonyl (C=O) groups is 1. The summed E-state index contributed by atoms with van der Waals surface area (Å²) >= 11 is 1.68. The number of anilines is 1. The zero-order valence-electron chi connectivity index (χ0n) is 18.4. The number of nitrogens with zero attached hydrogens (tertiary/aromatic N) is 2. The summed E-state index contributed by atoms with van der Waals surface area (Å²) in [6.45, 7) is 6.23. The van der Waals surface area contributed by atoms with E-state index in [0.717, 1.165) is 73.1 Å². The third-order valence-corrected chi connectivity index (χ3v) is 6.10. The summed E-state index contributed by atoms with van der Waals surface area (Å²) in [5.41, 5.74) is 3.04. The molecule has 1 aliphatic rings. The number of rotatable bonds is 8. The van der Waals surface area contributed by atoms with Crippen molar-refractivity contribution in [3.05, 3.63) is 45.9 Å². The van der Waals surface area contributed by atoms with Crippen molar-refractivity contribution in [3.8, 4) is 0 Å². The minimum absolute atomic E-state index is 0. The largest absolute Gasteiger partial charge is 0.357 e. The molecular formula is C23H34IN5OS. The number of hydrogen-bond donors (Lipinski definition) is 3. The first-order chi connectivity index (χ1) is 14.6. The third kappa shape index (κ3) is 8.76. The predicted molar refractivity (Wildman–Crippen MR) is 140 cm³/mol. The molecule has 1 aromatic carbocycles. The monoisotopic (exact) mass is 555 g/mol. The maximum atomic E-state index is 12.5. The molecule has 1 aromatic heterocycles. The molecule has 3 N–H and O–H groups in total. The molecular weight excluding hydrogens is 521 g/mol.